The van der Waals surface area contributed by atoms with Crippen molar-refractivity contribution in [2.75, 3.05) is 19.8 Å². The summed E-state index contributed by atoms with van der Waals surface area (Å²) in [6.45, 7) is 1.61. The van der Waals surface area contributed by atoms with Crippen LogP contribution >= 0.6 is 0 Å². The number of aliphatic hydroxyl groups excluding tert-OH is 5. The molecule has 0 bridgehead atoms. The van der Waals surface area contributed by atoms with Crippen molar-refractivity contribution in [3.05, 3.63) is 0 Å². The highest BCUT2D eigenvalue weighted by molar-refractivity contribution is 4.57. The molecule has 0 heterocycles. The van der Waals surface area contributed by atoms with Gasteiger partial charge >= 0.3 is 0 Å². The second-order valence-corrected chi connectivity index (χ2v) is 3.35. The Hall–Kier alpha value is -0.200. The summed E-state index contributed by atoms with van der Waals surface area (Å²) in [6.07, 6.45) is 2.01. The van der Waals surface area contributed by atoms with Gasteiger partial charge in [0.15, 0.2) is 0 Å². The van der Waals surface area contributed by atoms with Gasteiger partial charge < -0.3 is 25.5 Å². The lowest BCUT2D eigenvalue weighted by Gasteiger charge is -2.07. The summed E-state index contributed by atoms with van der Waals surface area (Å²) < 4.78 is 0. The molecule has 2 unspecified atom stereocenters. The lowest BCUT2D eigenvalue weighted by atomic mass is 10.2. The third-order valence-corrected chi connectivity index (χ3v) is 1.81. The van der Waals surface area contributed by atoms with Crippen molar-refractivity contribution in [3.63, 3.8) is 0 Å². The molecule has 94 valence electrons. The van der Waals surface area contributed by atoms with E-state index in [2.05, 4.69) is 0 Å². The highest BCUT2D eigenvalue weighted by Gasteiger charge is 2.06. The molecule has 15 heavy (non-hydrogen) atoms. The van der Waals surface area contributed by atoms with E-state index in [1.54, 1.807) is 0 Å². The van der Waals surface area contributed by atoms with Gasteiger partial charge in [0, 0.05) is 13.2 Å². The minimum absolute atomic E-state index is 0.283. The van der Waals surface area contributed by atoms with Crippen molar-refractivity contribution in [2.45, 2.75) is 44.8 Å². The third kappa shape index (κ3) is 16.5. The van der Waals surface area contributed by atoms with Crippen LogP contribution in [-0.2, 0) is 0 Å². The Morgan fingerprint density at radius 2 is 1.20 bits per heavy atom. The molecule has 5 nitrogen and oxygen atoms in total. The van der Waals surface area contributed by atoms with Gasteiger partial charge in [-0.15, -0.1) is 0 Å². The molecule has 0 spiro atoms. The number of aliphatic hydroxyl groups is 5. The van der Waals surface area contributed by atoms with Gasteiger partial charge in [-0.1, -0.05) is 12.8 Å². The van der Waals surface area contributed by atoms with Gasteiger partial charge in [0.1, 0.15) is 6.10 Å². The van der Waals surface area contributed by atoms with Crippen molar-refractivity contribution < 1.29 is 25.5 Å². The molecule has 0 saturated heterocycles. The van der Waals surface area contributed by atoms with E-state index in [0.717, 1.165) is 25.7 Å². The Balaban J connectivity index is 0. The van der Waals surface area contributed by atoms with Crippen LogP contribution < -0.4 is 0 Å². The molecule has 0 fully saturated rings. The van der Waals surface area contributed by atoms with Gasteiger partial charge in [-0.25, -0.2) is 0 Å². The zero-order chi connectivity index (χ0) is 12.1. The zero-order valence-corrected chi connectivity index (χ0v) is 9.34. The first kappa shape index (κ1) is 17.2. The van der Waals surface area contributed by atoms with E-state index in [0.29, 0.717) is 0 Å². The predicted octanol–water partition coefficient (Wildman–Crippen LogP) is -0.748. The average molecular weight is 224 g/mol. The van der Waals surface area contributed by atoms with Crippen LogP contribution in [0.4, 0.5) is 0 Å². The summed E-state index contributed by atoms with van der Waals surface area (Å²) >= 11 is 0. The Bertz CT molecular complexity index is 102. The Labute approximate surface area is 91.0 Å². The van der Waals surface area contributed by atoms with E-state index >= 15 is 0 Å². The van der Waals surface area contributed by atoms with Crippen molar-refractivity contribution in [1.82, 2.24) is 0 Å². The van der Waals surface area contributed by atoms with Gasteiger partial charge in [0.2, 0.25) is 0 Å². The summed E-state index contributed by atoms with van der Waals surface area (Å²) in [5.74, 6) is 0. The van der Waals surface area contributed by atoms with Gasteiger partial charge in [-0.05, 0) is 19.8 Å². The number of rotatable bonds is 7. The molecule has 0 aromatic rings. The molecule has 0 aliphatic carbocycles. The van der Waals surface area contributed by atoms with Crippen LogP contribution in [0.15, 0.2) is 0 Å². The lowest BCUT2D eigenvalue weighted by molar-refractivity contribution is -0.00425. The molecular formula is C10H24O5. The predicted molar refractivity (Wildman–Crippen MR) is 57.4 cm³/mol. The zero-order valence-electron chi connectivity index (χ0n) is 9.34. The maximum atomic E-state index is 8.44. The maximum absolute atomic E-state index is 8.44. The first-order valence-corrected chi connectivity index (χ1v) is 5.28. The van der Waals surface area contributed by atoms with E-state index in [-0.39, 0.29) is 19.8 Å². The first-order chi connectivity index (χ1) is 7.09. The highest BCUT2D eigenvalue weighted by Crippen LogP contribution is 1.96. The molecule has 5 N–H and O–H groups in total. The fourth-order valence-electron chi connectivity index (χ4n) is 0.730. The van der Waals surface area contributed by atoms with Crippen molar-refractivity contribution in [3.8, 4) is 0 Å². The van der Waals surface area contributed by atoms with Crippen molar-refractivity contribution in [2.24, 2.45) is 0 Å². The van der Waals surface area contributed by atoms with Crippen LogP contribution in [0.3, 0.4) is 0 Å². The standard InChI is InChI=1S/C6H14O2.C4H10O3/c7-5-3-1-2-4-6-8;1-3(6)4(7)2-5/h7-8H,1-6H2;3-7H,2H2,1H3. The van der Waals surface area contributed by atoms with Crippen LogP contribution in [0, 0.1) is 0 Å². The normalized spacial score (nSPS) is 14.0. The molecule has 0 radical (unpaired) electrons. The third-order valence-electron chi connectivity index (χ3n) is 1.81. The number of hydrogen-bond acceptors (Lipinski definition) is 5. The number of hydrogen-bond donors (Lipinski definition) is 5. The van der Waals surface area contributed by atoms with Crippen LogP contribution in [0.25, 0.3) is 0 Å². The quantitative estimate of drug-likeness (QED) is 0.366. The second-order valence-electron chi connectivity index (χ2n) is 3.35. The summed E-state index contributed by atoms with van der Waals surface area (Å²) in [6, 6.07) is 0. The lowest BCUT2D eigenvalue weighted by Crippen LogP contribution is -2.25. The van der Waals surface area contributed by atoms with Crippen molar-refractivity contribution >= 4 is 0 Å². The average Bonchev–Trinajstić information content (AvgIpc) is 2.24. The minimum Gasteiger partial charge on any atom is -0.396 e. The molecule has 0 saturated carbocycles. The summed E-state index contributed by atoms with van der Waals surface area (Å²) in [4.78, 5) is 0. The molecule has 0 amide bonds. The Morgan fingerprint density at radius 1 is 0.800 bits per heavy atom. The summed E-state index contributed by atoms with van der Waals surface area (Å²) in [5, 5.41) is 41.5. The van der Waals surface area contributed by atoms with E-state index in [1.807, 2.05) is 0 Å². The first-order valence-electron chi connectivity index (χ1n) is 5.28. The molecule has 0 aliphatic rings. The largest absolute Gasteiger partial charge is 0.396 e. The SMILES string of the molecule is CC(O)C(O)CO.OCCCCCCO. The Morgan fingerprint density at radius 3 is 1.33 bits per heavy atom. The molecule has 0 rings (SSSR count). The minimum atomic E-state index is -0.986. The summed E-state index contributed by atoms with van der Waals surface area (Å²) in [5.41, 5.74) is 0. The van der Waals surface area contributed by atoms with E-state index in [9.17, 15) is 0 Å². The molecule has 5 heteroatoms. The van der Waals surface area contributed by atoms with Gasteiger partial charge in [0.25, 0.3) is 0 Å². The van der Waals surface area contributed by atoms with Crippen LogP contribution in [0.1, 0.15) is 32.6 Å². The van der Waals surface area contributed by atoms with E-state index in [4.69, 9.17) is 25.5 Å². The van der Waals surface area contributed by atoms with E-state index < -0.39 is 12.2 Å². The fourth-order valence-corrected chi connectivity index (χ4v) is 0.730. The summed E-state index contributed by atoms with van der Waals surface area (Å²) in [7, 11) is 0. The Kier molecular flexibility index (Phi) is 15.8. The molecule has 0 aromatic carbocycles. The van der Waals surface area contributed by atoms with Crippen LogP contribution in [0.2, 0.25) is 0 Å². The highest BCUT2D eigenvalue weighted by atomic mass is 16.4. The number of unbranched alkanes of at least 4 members (excludes halogenated alkanes) is 3. The fraction of sp³-hybridized carbons (Fsp3) is 1.00. The molecule has 2 atom stereocenters. The van der Waals surface area contributed by atoms with Crippen molar-refractivity contribution in [1.29, 1.82) is 0 Å². The van der Waals surface area contributed by atoms with Crippen LogP contribution in [-0.4, -0.2) is 57.6 Å². The second kappa shape index (κ2) is 13.8. The van der Waals surface area contributed by atoms with Gasteiger partial charge in [0.05, 0.1) is 12.7 Å². The van der Waals surface area contributed by atoms with Crippen LogP contribution in [0.5, 0.6) is 0 Å². The monoisotopic (exact) mass is 224 g/mol. The molecular weight excluding hydrogens is 200 g/mol. The molecule has 0 aromatic heterocycles. The molecule has 0 aliphatic heterocycles. The smallest absolute Gasteiger partial charge is 0.103 e. The maximum Gasteiger partial charge on any atom is 0.103 e. The van der Waals surface area contributed by atoms with E-state index in [1.165, 1.54) is 6.92 Å². The van der Waals surface area contributed by atoms with Gasteiger partial charge in [-0.3, -0.25) is 0 Å². The topological polar surface area (TPSA) is 101 Å². The van der Waals surface area contributed by atoms with Gasteiger partial charge in [-0.2, -0.15) is 0 Å².